The molecule has 124 valence electrons. The van der Waals surface area contributed by atoms with Crippen LogP contribution in [0.2, 0.25) is 0 Å². The summed E-state index contributed by atoms with van der Waals surface area (Å²) in [5, 5.41) is 12.4. The van der Waals surface area contributed by atoms with Gasteiger partial charge in [0.25, 0.3) is 0 Å². The molecule has 5 nitrogen and oxygen atoms in total. The van der Waals surface area contributed by atoms with Crippen molar-refractivity contribution in [2.24, 2.45) is 13.0 Å². The highest BCUT2D eigenvalue weighted by atomic mass is 32.1. The number of thiophene rings is 1. The van der Waals surface area contributed by atoms with Crippen molar-refractivity contribution in [2.45, 2.75) is 38.1 Å². The van der Waals surface area contributed by atoms with Crippen molar-refractivity contribution in [2.75, 3.05) is 6.54 Å². The molecule has 1 aliphatic rings. The van der Waals surface area contributed by atoms with E-state index in [1.165, 1.54) is 30.6 Å². The number of amides is 2. The molecule has 2 aromatic rings. The van der Waals surface area contributed by atoms with Crippen LogP contribution in [0.15, 0.2) is 29.9 Å². The Labute approximate surface area is 141 Å². The van der Waals surface area contributed by atoms with Crippen molar-refractivity contribution >= 4 is 17.4 Å². The zero-order chi connectivity index (χ0) is 16.1. The van der Waals surface area contributed by atoms with E-state index in [-0.39, 0.29) is 12.1 Å². The molecule has 23 heavy (non-hydrogen) atoms. The maximum Gasteiger partial charge on any atom is 0.315 e. The van der Waals surface area contributed by atoms with Crippen LogP contribution in [0, 0.1) is 5.92 Å². The van der Waals surface area contributed by atoms with Gasteiger partial charge in [0.15, 0.2) is 0 Å². The van der Waals surface area contributed by atoms with Crippen LogP contribution in [0.5, 0.6) is 0 Å². The normalized spacial score (nSPS) is 16.4. The number of carbonyl (C=O) groups excluding carboxylic acids is 1. The van der Waals surface area contributed by atoms with Crippen LogP contribution in [0.4, 0.5) is 4.79 Å². The summed E-state index contributed by atoms with van der Waals surface area (Å²) in [4.78, 5) is 13.5. The van der Waals surface area contributed by atoms with E-state index in [0.29, 0.717) is 12.5 Å². The number of rotatable bonds is 6. The lowest BCUT2D eigenvalue weighted by molar-refractivity contribution is 0.231. The number of nitrogens with zero attached hydrogens (tertiary/aromatic N) is 2. The van der Waals surface area contributed by atoms with Crippen LogP contribution in [0.25, 0.3) is 0 Å². The number of nitrogens with one attached hydrogen (secondary N) is 2. The van der Waals surface area contributed by atoms with Gasteiger partial charge in [-0.25, -0.2) is 4.79 Å². The highest BCUT2D eigenvalue weighted by Gasteiger charge is 2.28. The van der Waals surface area contributed by atoms with E-state index in [4.69, 9.17) is 0 Å². The largest absolute Gasteiger partial charge is 0.338 e. The van der Waals surface area contributed by atoms with E-state index in [1.54, 1.807) is 16.0 Å². The predicted molar refractivity (Wildman–Crippen MR) is 92.5 cm³/mol. The summed E-state index contributed by atoms with van der Waals surface area (Å²) in [6, 6.07) is 4.27. The fourth-order valence-corrected chi connectivity index (χ4v) is 4.16. The fourth-order valence-electron chi connectivity index (χ4n) is 3.29. The molecule has 1 aliphatic carbocycles. The third-order valence-electron chi connectivity index (χ3n) is 4.47. The van der Waals surface area contributed by atoms with Crippen LogP contribution in [0.3, 0.4) is 0 Å². The Kier molecular flexibility index (Phi) is 5.33. The summed E-state index contributed by atoms with van der Waals surface area (Å²) in [6.07, 6.45) is 9.58. The number of urea groups is 1. The van der Waals surface area contributed by atoms with Gasteiger partial charge in [0.2, 0.25) is 0 Å². The lowest BCUT2D eigenvalue weighted by Crippen LogP contribution is -2.40. The average Bonchev–Trinajstić information content (AvgIpc) is 3.28. The lowest BCUT2D eigenvalue weighted by atomic mass is 9.97. The van der Waals surface area contributed by atoms with E-state index < -0.39 is 0 Å². The molecule has 1 fully saturated rings. The zero-order valence-corrected chi connectivity index (χ0v) is 14.3. The summed E-state index contributed by atoms with van der Waals surface area (Å²) in [7, 11) is 1.90. The second-order valence-electron chi connectivity index (χ2n) is 6.21. The summed E-state index contributed by atoms with van der Waals surface area (Å²) in [5.41, 5.74) is 1.14. The van der Waals surface area contributed by atoms with Gasteiger partial charge in [-0.05, 0) is 42.2 Å². The molecular weight excluding hydrogens is 308 g/mol. The van der Waals surface area contributed by atoms with Gasteiger partial charge in [0.1, 0.15) is 0 Å². The molecule has 2 aromatic heterocycles. The maximum absolute atomic E-state index is 12.3. The topological polar surface area (TPSA) is 59.0 Å². The Morgan fingerprint density at radius 1 is 1.48 bits per heavy atom. The first-order chi connectivity index (χ1) is 11.2. The standard InChI is InChI=1S/C17H24N4OS/c1-21-12-13(11-19-21)8-9-18-17(22)20-16(14-5-2-3-6-14)15-7-4-10-23-15/h4,7,10-12,14,16H,2-3,5-6,8-9H2,1H3,(H2,18,20,22)/t16-/m0/s1. The number of hydrogen-bond donors (Lipinski definition) is 2. The molecule has 0 saturated heterocycles. The first-order valence-corrected chi connectivity index (χ1v) is 9.15. The zero-order valence-electron chi connectivity index (χ0n) is 13.5. The molecule has 0 spiro atoms. The van der Waals surface area contributed by atoms with Gasteiger partial charge in [-0.15, -0.1) is 11.3 Å². The first kappa shape index (κ1) is 16.1. The first-order valence-electron chi connectivity index (χ1n) is 8.27. The van der Waals surface area contributed by atoms with Gasteiger partial charge in [-0.1, -0.05) is 18.9 Å². The Balaban J connectivity index is 1.51. The Morgan fingerprint density at radius 2 is 2.30 bits per heavy atom. The van der Waals surface area contributed by atoms with Crippen molar-refractivity contribution < 1.29 is 4.79 Å². The highest BCUT2D eigenvalue weighted by molar-refractivity contribution is 7.10. The van der Waals surface area contributed by atoms with Gasteiger partial charge in [-0.2, -0.15) is 5.10 Å². The minimum atomic E-state index is -0.0702. The molecular formula is C17H24N4OS. The minimum absolute atomic E-state index is 0.0702. The van der Waals surface area contributed by atoms with Gasteiger partial charge in [0.05, 0.1) is 12.2 Å². The summed E-state index contributed by atoms with van der Waals surface area (Å²) < 4.78 is 1.78. The van der Waals surface area contributed by atoms with E-state index in [2.05, 4.69) is 33.2 Å². The van der Waals surface area contributed by atoms with Crippen LogP contribution in [-0.2, 0) is 13.5 Å². The van der Waals surface area contributed by atoms with Gasteiger partial charge >= 0.3 is 6.03 Å². The second kappa shape index (κ2) is 7.64. The Bertz CT molecular complexity index is 616. The number of aromatic nitrogens is 2. The maximum atomic E-state index is 12.3. The molecule has 0 aromatic carbocycles. The molecule has 0 unspecified atom stereocenters. The summed E-state index contributed by atoms with van der Waals surface area (Å²) >= 11 is 1.73. The second-order valence-corrected chi connectivity index (χ2v) is 7.19. The molecule has 0 aliphatic heterocycles. The molecule has 2 N–H and O–H groups in total. The monoisotopic (exact) mass is 332 g/mol. The average molecular weight is 332 g/mol. The smallest absolute Gasteiger partial charge is 0.315 e. The summed E-state index contributed by atoms with van der Waals surface area (Å²) in [6.45, 7) is 0.624. The number of aryl methyl sites for hydroxylation is 1. The molecule has 3 rings (SSSR count). The fraction of sp³-hybridized carbons (Fsp3) is 0.529. The van der Waals surface area contributed by atoms with Crippen molar-refractivity contribution in [3.05, 3.63) is 40.3 Å². The van der Waals surface area contributed by atoms with E-state index in [1.807, 2.05) is 19.4 Å². The molecule has 6 heteroatoms. The van der Waals surface area contributed by atoms with Crippen molar-refractivity contribution in [3.63, 3.8) is 0 Å². The third kappa shape index (κ3) is 4.34. The lowest BCUT2D eigenvalue weighted by Gasteiger charge is -2.24. The minimum Gasteiger partial charge on any atom is -0.338 e. The molecule has 0 radical (unpaired) electrons. The van der Waals surface area contributed by atoms with Gasteiger partial charge < -0.3 is 10.6 Å². The van der Waals surface area contributed by atoms with Crippen molar-refractivity contribution in [1.82, 2.24) is 20.4 Å². The van der Waals surface area contributed by atoms with E-state index >= 15 is 0 Å². The van der Waals surface area contributed by atoms with Crippen LogP contribution in [0.1, 0.15) is 42.2 Å². The number of hydrogen-bond acceptors (Lipinski definition) is 3. The Hall–Kier alpha value is -1.82. The SMILES string of the molecule is Cn1cc(CCNC(=O)N[C@H](c2cccs2)C2CCCC2)cn1. The van der Waals surface area contributed by atoms with Crippen molar-refractivity contribution in [3.8, 4) is 0 Å². The van der Waals surface area contributed by atoms with Crippen LogP contribution in [-0.4, -0.2) is 22.4 Å². The molecule has 1 saturated carbocycles. The van der Waals surface area contributed by atoms with E-state index in [9.17, 15) is 4.79 Å². The summed E-state index contributed by atoms with van der Waals surface area (Å²) in [5.74, 6) is 0.567. The quantitative estimate of drug-likeness (QED) is 0.853. The molecule has 2 amide bonds. The predicted octanol–water partition coefficient (Wildman–Crippen LogP) is 3.25. The third-order valence-corrected chi connectivity index (χ3v) is 5.42. The molecule has 2 heterocycles. The molecule has 0 bridgehead atoms. The van der Waals surface area contributed by atoms with Gasteiger partial charge in [-0.3, -0.25) is 4.68 Å². The van der Waals surface area contributed by atoms with Crippen molar-refractivity contribution in [1.29, 1.82) is 0 Å². The number of carbonyl (C=O) groups is 1. The Morgan fingerprint density at radius 3 is 2.96 bits per heavy atom. The van der Waals surface area contributed by atoms with E-state index in [0.717, 1.165) is 12.0 Å². The van der Waals surface area contributed by atoms with Gasteiger partial charge in [0, 0.05) is 24.7 Å². The van der Waals surface area contributed by atoms with Crippen LogP contribution < -0.4 is 10.6 Å². The molecule has 1 atom stereocenters. The highest BCUT2D eigenvalue weighted by Crippen LogP contribution is 2.37. The van der Waals surface area contributed by atoms with Crippen LogP contribution >= 0.6 is 11.3 Å².